The van der Waals surface area contributed by atoms with E-state index in [1.165, 1.54) is 51.6 Å². The Morgan fingerprint density at radius 2 is 1.13 bits per heavy atom. The maximum atomic E-state index is 13.6. The minimum Gasteiger partial charge on any atom is -0.458 e. The van der Waals surface area contributed by atoms with Gasteiger partial charge in [-0.2, -0.15) is 0 Å². The molecule has 0 spiro atoms. The lowest BCUT2D eigenvalue weighted by Crippen LogP contribution is -2.48. The number of carbonyl (C=O) groups excluding carboxylic acids is 4. The molecule has 2 aromatic carbocycles. The zero-order valence-electron chi connectivity index (χ0n) is 49.6. The highest BCUT2D eigenvalue weighted by atomic mass is 16.6. The average molecular weight is 1170 g/mol. The molecule has 0 bridgehead atoms. The Morgan fingerprint density at radius 1 is 0.640 bits per heavy atom. The molecule has 19 heteroatoms. The Hall–Kier alpha value is -7.58. The van der Waals surface area contributed by atoms with E-state index >= 15 is 0 Å². The number of ether oxygens (including phenoxy) is 3. The molecule has 0 radical (unpaired) electrons. The summed E-state index contributed by atoms with van der Waals surface area (Å²) in [6.07, 6.45) is 14.0. The number of aliphatic hydroxyl groups is 2. The number of Topliss-reactive ketones (excluding diaryl/α,β-unsaturated/α-hetero) is 1. The van der Waals surface area contributed by atoms with Crippen molar-refractivity contribution < 1.29 is 43.6 Å². The number of nitrogens with zero attached hydrogens (tertiary/aromatic N) is 8. The predicted octanol–water partition coefficient (Wildman–Crippen LogP) is 8.55. The molecule has 4 aromatic heterocycles. The smallest absolute Gasteiger partial charge is 0.415 e. The van der Waals surface area contributed by atoms with E-state index in [1.807, 2.05) is 41.0 Å². The van der Waals surface area contributed by atoms with Crippen LogP contribution in [-0.4, -0.2) is 137 Å². The van der Waals surface area contributed by atoms with Crippen LogP contribution in [0.5, 0.6) is 11.5 Å². The normalized spacial score (nSPS) is 22.2. The van der Waals surface area contributed by atoms with Gasteiger partial charge < -0.3 is 53.2 Å². The van der Waals surface area contributed by atoms with Crippen LogP contribution in [0.15, 0.2) is 70.8 Å². The molecule has 0 unspecified atom stereocenters. The van der Waals surface area contributed by atoms with E-state index in [2.05, 4.69) is 16.4 Å². The maximum Gasteiger partial charge on any atom is 0.415 e. The topological polar surface area (TPSA) is 219 Å². The van der Waals surface area contributed by atoms with Gasteiger partial charge in [-0.1, -0.05) is 32.8 Å². The minimum atomic E-state index is -1.86. The first-order valence-corrected chi connectivity index (χ1v) is 31.2. The van der Waals surface area contributed by atoms with E-state index in [9.17, 15) is 39.0 Å². The lowest BCUT2D eigenvalue weighted by atomic mass is 9.77. The lowest BCUT2D eigenvalue weighted by Gasteiger charge is -2.39. The summed E-state index contributed by atoms with van der Waals surface area (Å²) in [5.41, 5.74) is 4.80. The SMILES string of the molecule is C=CCc1c(OC(=O)N2CCC(N3CCCCC3)CC2)ccc2nc3c(cc12)Cn1c-3cc2c(c1=O)CCC(=O)[C@]2(O)CC.CC[C@@]1(O)C(=O)OCc2c1cc1n(c2=O)Cc2cc3c(C)c(OC(=O)N4CCC(N5CCCCC5)CC4)ccc3nc2-1. The van der Waals surface area contributed by atoms with Gasteiger partial charge in [0.25, 0.3) is 11.1 Å². The molecule has 86 heavy (non-hydrogen) atoms. The number of esters is 1. The Morgan fingerprint density at radius 3 is 1.66 bits per heavy atom. The summed E-state index contributed by atoms with van der Waals surface area (Å²) in [4.78, 5) is 97.3. The second-order valence-electron chi connectivity index (χ2n) is 24.8. The van der Waals surface area contributed by atoms with E-state index in [1.54, 1.807) is 53.3 Å². The molecular weight excluding hydrogens is 1090 g/mol. The molecule has 19 nitrogen and oxygen atoms in total. The minimum absolute atomic E-state index is 0.0941. The average Bonchev–Trinajstić information content (AvgIpc) is 1.70. The summed E-state index contributed by atoms with van der Waals surface area (Å²) in [6.45, 7) is 17.2. The Balaban J connectivity index is 0.000000160. The van der Waals surface area contributed by atoms with Crippen molar-refractivity contribution in [3.63, 3.8) is 0 Å². The third-order valence-electron chi connectivity index (χ3n) is 20.1. The Kier molecular flexibility index (Phi) is 15.3. The van der Waals surface area contributed by atoms with Crippen molar-refractivity contribution in [1.29, 1.82) is 0 Å². The highest BCUT2D eigenvalue weighted by molar-refractivity contribution is 5.93. The lowest BCUT2D eigenvalue weighted by molar-refractivity contribution is -0.172. The summed E-state index contributed by atoms with van der Waals surface area (Å²) >= 11 is 0. The van der Waals surface area contributed by atoms with Gasteiger partial charge in [0, 0.05) is 94.4 Å². The summed E-state index contributed by atoms with van der Waals surface area (Å²) in [5, 5.41) is 24.1. The number of likely N-dealkylation sites (tertiary alicyclic amines) is 4. The zero-order valence-corrected chi connectivity index (χ0v) is 49.6. The van der Waals surface area contributed by atoms with E-state index in [0.29, 0.717) is 132 Å². The third kappa shape index (κ3) is 9.91. The first-order valence-electron chi connectivity index (χ1n) is 31.2. The van der Waals surface area contributed by atoms with Crippen LogP contribution in [0.1, 0.15) is 142 Å². The monoisotopic (exact) mass is 1170 g/mol. The molecule has 11 heterocycles. The number of amides is 2. The molecule has 1 aliphatic carbocycles. The van der Waals surface area contributed by atoms with Gasteiger partial charge in [-0.3, -0.25) is 14.4 Å². The van der Waals surface area contributed by atoms with Gasteiger partial charge in [-0.05, 0) is 159 Å². The van der Waals surface area contributed by atoms with Crippen LogP contribution in [0.3, 0.4) is 0 Å². The fraction of sp³-hybridized carbons (Fsp3) is 0.493. The molecule has 8 aliphatic rings. The molecule has 450 valence electrons. The predicted molar refractivity (Wildman–Crippen MR) is 323 cm³/mol. The number of fused-ring (bicyclic) bond motifs is 10. The van der Waals surface area contributed by atoms with Crippen LogP contribution < -0.4 is 20.6 Å². The van der Waals surface area contributed by atoms with Gasteiger partial charge in [-0.25, -0.2) is 24.4 Å². The second-order valence-corrected chi connectivity index (χ2v) is 24.8. The zero-order chi connectivity index (χ0) is 59.8. The van der Waals surface area contributed by atoms with Crippen molar-refractivity contribution in [2.75, 3.05) is 52.4 Å². The van der Waals surface area contributed by atoms with Crippen LogP contribution in [0.4, 0.5) is 9.59 Å². The molecule has 14 rings (SSSR count). The van der Waals surface area contributed by atoms with Crippen molar-refractivity contribution in [3.8, 4) is 34.3 Å². The molecule has 0 saturated carbocycles. The molecule has 7 aliphatic heterocycles. The number of ketones is 1. The number of allylic oxidation sites excluding steroid dienone is 1. The van der Waals surface area contributed by atoms with Crippen LogP contribution in [-0.2, 0) is 58.1 Å². The standard InChI is InChI=1S/C35H40N4O5.C32H36N4O6/c1-3-8-24-26-19-22-21-39-29(20-27-25(33(39)41)9-12-31(40)35(27,43)4-2)32(22)36-28(26)10-11-30(24)44-34(42)38-17-13-23(14-18-38)37-15-6-5-7-16-37;1-3-32(40)24-16-26-28-20(17-36(26)29(37)23(24)18-41-30(32)38)15-22-19(2)27(8-7-25(22)33-28)42-31(39)35-13-9-21(10-14-35)34-11-5-4-6-12-34/h3,10-11,19-20,23,43H,1,4-9,12-18,21H2,2H3;7-8,15-16,21,40H,3-6,9-14,17-18H2,1-2H3/t35-;32-/m00/s1. The van der Waals surface area contributed by atoms with Crippen molar-refractivity contribution in [1.82, 2.24) is 38.7 Å². The quantitative estimate of drug-likeness (QED) is 0.108. The van der Waals surface area contributed by atoms with Gasteiger partial charge in [0.2, 0.25) is 0 Å². The van der Waals surface area contributed by atoms with Crippen molar-refractivity contribution in [2.45, 2.75) is 160 Å². The fourth-order valence-electron chi connectivity index (χ4n) is 14.9. The third-order valence-corrected chi connectivity index (χ3v) is 20.1. The highest BCUT2D eigenvalue weighted by Crippen LogP contribution is 2.43. The van der Waals surface area contributed by atoms with Crippen LogP contribution in [0, 0.1) is 6.92 Å². The van der Waals surface area contributed by atoms with Crippen molar-refractivity contribution >= 4 is 45.7 Å². The number of rotatable bonds is 8. The maximum absolute atomic E-state index is 13.6. The number of pyridine rings is 4. The Bertz CT molecular complexity index is 3900. The number of hydrogen-bond donors (Lipinski definition) is 2. The molecule has 4 fully saturated rings. The number of aromatic nitrogens is 4. The first kappa shape index (κ1) is 57.5. The number of hydrogen-bond acceptors (Lipinski definition) is 15. The van der Waals surface area contributed by atoms with Gasteiger partial charge in [0.1, 0.15) is 23.7 Å². The number of benzene rings is 2. The largest absolute Gasteiger partial charge is 0.458 e. The van der Waals surface area contributed by atoms with Crippen LogP contribution >= 0.6 is 0 Å². The fourth-order valence-corrected chi connectivity index (χ4v) is 14.9. The molecule has 6 aromatic rings. The van der Waals surface area contributed by atoms with Crippen LogP contribution in [0.25, 0.3) is 44.6 Å². The van der Waals surface area contributed by atoms with Crippen LogP contribution in [0.2, 0.25) is 0 Å². The molecule has 4 saturated heterocycles. The summed E-state index contributed by atoms with van der Waals surface area (Å²) in [5.74, 6) is 0.0100. The molecule has 2 atom stereocenters. The van der Waals surface area contributed by atoms with E-state index in [-0.39, 0.29) is 55.0 Å². The van der Waals surface area contributed by atoms with E-state index in [4.69, 9.17) is 24.2 Å². The summed E-state index contributed by atoms with van der Waals surface area (Å²) in [6, 6.07) is 15.9. The first-order chi connectivity index (χ1) is 41.6. The second kappa shape index (κ2) is 22.9. The van der Waals surface area contributed by atoms with Crippen molar-refractivity contribution in [2.24, 2.45) is 0 Å². The van der Waals surface area contributed by atoms with E-state index < -0.39 is 17.2 Å². The molecule has 2 amide bonds. The van der Waals surface area contributed by atoms with Gasteiger partial charge >= 0.3 is 18.2 Å². The highest BCUT2D eigenvalue weighted by Gasteiger charge is 2.46. The Labute approximate surface area is 499 Å². The molecule has 2 N–H and O–H groups in total. The van der Waals surface area contributed by atoms with Gasteiger partial charge in [-0.15, -0.1) is 6.58 Å². The summed E-state index contributed by atoms with van der Waals surface area (Å²) in [7, 11) is 0. The number of cyclic esters (lactones) is 1. The van der Waals surface area contributed by atoms with Crippen molar-refractivity contribution in [3.05, 3.63) is 126 Å². The van der Waals surface area contributed by atoms with Gasteiger partial charge in [0.15, 0.2) is 11.4 Å². The number of aryl methyl sites for hydroxylation is 1. The number of carbonyl (C=O) groups is 4. The molecular formula is C67H76N8O11. The van der Waals surface area contributed by atoms with Gasteiger partial charge in [0.05, 0.1) is 52.5 Å². The van der Waals surface area contributed by atoms with E-state index in [0.717, 1.165) is 71.8 Å². The number of piperidine rings is 4. The summed E-state index contributed by atoms with van der Waals surface area (Å²) < 4.78 is 20.4.